The Morgan fingerprint density at radius 1 is 1.35 bits per heavy atom. The van der Waals surface area contributed by atoms with Crippen LogP contribution in [0.1, 0.15) is 25.0 Å². The molecule has 2 N–H and O–H groups in total. The number of guanidine groups is 1. The van der Waals surface area contributed by atoms with E-state index < -0.39 is 0 Å². The molecule has 0 saturated heterocycles. The van der Waals surface area contributed by atoms with Gasteiger partial charge in [0.15, 0.2) is 5.96 Å². The minimum absolute atomic E-state index is 0.161. The Balaban J connectivity index is 2.06. The number of furan rings is 1. The molecule has 0 aliphatic heterocycles. The molecule has 0 saturated carbocycles. The van der Waals surface area contributed by atoms with Gasteiger partial charge in [-0.1, -0.05) is 0 Å². The number of hydrogen-bond donors (Lipinski definition) is 2. The average molecular weight is 281 g/mol. The number of carbonyl (C=O) groups is 1. The van der Waals surface area contributed by atoms with Crippen LogP contribution >= 0.6 is 0 Å². The van der Waals surface area contributed by atoms with Crippen molar-refractivity contribution < 1.29 is 13.9 Å². The normalized spacial score (nSPS) is 11.2. The van der Waals surface area contributed by atoms with E-state index in [-0.39, 0.29) is 5.97 Å². The first-order valence-electron chi connectivity index (χ1n) is 6.80. The highest BCUT2D eigenvalue weighted by atomic mass is 16.5. The lowest BCUT2D eigenvalue weighted by Gasteiger charge is -2.11. The summed E-state index contributed by atoms with van der Waals surface area (Å²) in [4.78, 5) is 15.1. The molecule has 0 amide bonds. The van der Waals surface area contributed by atoms with Crippen molar-refractivity contribution in [1.82, 2.24) is 10.6 Å². The van der Waals surface area contributed by atoms with Crippen molar-refractivity contribution in [2.45, 2.75) is 25.7 Å². The van der Waals surface area contributed by atoms with Crippen LogP contribution < -0.4 is 10.6 Å². The standard InChI is InChI=1S/C14H23N3O3/c1-15-14(16-9-4-3-7-13(18)19-2)17-10-8-12-6-5-11-20-12/h5-6,11H,3-4,7-10H2,1-2H3,(H2,15,16,17). The third-order valence-corrected chi connectivity index (χ3v) is 2.80. The molecule has 0 radical (unpaired) electrons. The van der Waals surface area contributed by atoms with E-state index >= 15 is 0 Å². The second-order valence-electron chi connectivity index (χ2n) is 4.29. The molecule has 0 bridgehead atoms. The largest absolute Gasteiger partial charge is 0.469 e. The first kappa shape index (κ1) is 16.1. The van der Waals surface area contributed by atoms with Gasteiger partial charge in [0.2, 0.25) is 0 Å². The molecule has 0 aromatic carbocycles. The summed E-state index contributed by atoms with van der Waals surface area (Å²) in [6, 6.07) is 3.83. The van der Waals surface area contributed by atoms with Crippen LogP contribution in [0.5, 0.6) is 0 Å². The molecule has 1 rings (SSSR count). The highest BCUT2D eigenvalue weighted by Gasteiger charge is 2.01. The van der Waals surface area contributed by atoms with Gasteiger partial charge in [-0.05, 0) is 25.0 Å². The Kier molecular flexibility index (Phi) is 7.95. The number of esters is 1. The van der Waals surface area contributed by atoms with Crippen molar-refractivity contribution in [2.24, 2.45) is 4.99 Å². The lowest BCUT2D eigenvalue weighted by atomic mass is 10.2. The van der Waals surface area contributed by atoms with Crippen molar-refractivity contribution >= 4 is 11.9 Å². The van der Waals surface area contributed by atoms with Gasteiger partial charge >= 0.3 is 5.97 Å². The van der Waals surface area contributed by atoms with Crippen molar-refractivity contribution in [2.75, 3.05) is 27.2 Å². The van der Waals surface area contributed by atoms with Crippen LogP contribution in [0.3, 0.4) is 0 Å². The fourth-order valence-electron chi connectivity index (χ4n) is 1.68. The Morgan fingerprint density at radius 3 is 2.80 bits per heavy atom. The summed E-state index contributed by atoms with van der Waals surface area (Å²) >= 11 is 0. The van der Waals surface area contributed by atoms with Gasteiger partial charge in [0.25, 0.3) is 0 Å². The topological polar surface area (TPSA) is 75.9 Å². The second-order valence-corrected chi connectivity index (χ2v) is 4.29. The summed E-state index contributed by atoms with van der Waals surface area (Å²) in [6.07, 6.45) is 4.65. The van der Waals surface area contributed by atoms with Crippen LogP contribution in [0.15, 0.2) is 27.8 Å². The monoisotopic (exact) mass is 281 g/mol. The number of rotatable bonds is 8. The highest BCUT2D eigenvalue weighted by Crippen LogP contribution is 1.99. The SMILES string of the molecule is CN=C(NCCCCC(=O)OC)NCCc1ccco1. The first-order valence-corrected chi connectivity index (χ1v) is 6.80. The van der Waals surface area contributed by atoms with Crippen LogP contribution in [0.4, 0.5) is 0 Å². The third-order valence-electron chi connectivity index (χ3n) is 2.80. The number of nitrogens with zero attached hydrogens (tertiary/aromatic N) is 1. The summed E-state index contributed by atoms with van der Waals surface area (Å²) in [5.74, 6) is 1.55. The maximum absolute atomic E-state index is 10.9. The van der Waals surface area contributed by atoms with E-state index in [2.05, 4.69) is 20.4 Å². The van der Waals surface area contributed by atoms with Crippen LogP contribution in [-0.2, 0) is 16.0 Å². The lowest BCUT2D eigenvalue weighted by molar-refractivity contribution is -0.140. The van der Waals surface area contributed by atoms with Crippen LogP contribution in [0.25, 0.3) is 0 Å². The number of aliphatic imine (C=N–C) groups is 1. The van der Waals surface area contributed by atoms with Gasteiger partial charge in [-0.25, -0.2) is 0 Å². The van der Waals surface area contributed by atoms with Gasteiger partial charge in [-0.15, -0.1) is 0 Å². The van der Waals surface area contributed by atoms with Crippen molar-refractivity contribution in [3.63, 3.8) is 0 Å². The molecule has 20 heavy (non-hydrogen) atoms. The zero-order chi connectivity index (χ0) is 14.6. The van der Waals surface area contributed by atoms with E-state index in [1.807, 2.05) is 12.1 Å². The molecule has 0 unspecified atom stereocenters. The van der Waals surface area contributed by atoms with E-state index in [0.29, 0.717) is 6.42 Å². The average Bonchev–Trinajstić information content (AvgIpc) is 2.98. The van der Waals surface area contributed by atoms with E-state index in [1.54, 1.807) is 13.3 Å². The molecule has 0 atom stereocenters. The first-order chi connectivity index (χ1) is 9.76. The van der Waals surface area contributed by atoms with Crippen molar-refractivity contribution in [3.05, 3.63) is 24.2 Å². The van der Waals surface area contributed by atoms with Gasteiger partial charge < -0.3 is 19.8 Å². The summed E-state index contributed by atoms with van der Waals surface area (Å²) in [5.41, 5.74) is 0. The molecular weight excluding hydrogens is 258 g/mol. The Labute approximate surface area is 119 Å². The smallest absolute Gasteiger partial charge is 0.305 e. The molecule has 1 heterocycles. The van der Waals surface area contributed by atoms with E-state index in [9.17, 15) is 4.79 Å². The van der Waals surface area contributed by atoms with Crippen LogP contribution in [0.2, 0.25) is 0 Å². The Bertz CT molecular complexity index is 402. The molecule has 0 fully saturated rings. The summed E-state index contributed by atoms with van der Waals surface area (Å²) in [7, 11) is 3.14. The van der Waals surface area contributed by atoms with E-state index in [1.165, 1.54) is 7.11 Å². The van der Waals surface area contributed by atoms with E-state index in [0.717, 1.165) is 44.1 Å². The van der Waals surface area contributed by atoms with Gasteiger partial charge in [0.1, 0.15) is 5.76 Å². The maximum Gasteiger partial charge on any atom is 0.305 e. The van der Waals surface area contributed by atoms with Gasteiger partial charge in [-0.3, -0.25) is 9.79 Å². The number of unbranched alkanes of at least 4 members (excludes halogenated alkanes) is 1. The highest BCUT2D eigenvalue weighted by molar-refractivity contribution is 5.79. The number of nitrogens with one attached hydrogen (secondary N) is 2. The molecule has 112 valence electrons. The molecule has 6 nitrogen and oxygen atoms in total. The molecular formula is C14H23N3O3. The van der Waals surface area contributed by atoms with Gasteiger partial charge in [0.05, 0.1) is 13.4 Å². The molecule has 0 spiro atoms. The minimum Gasteiger partial charge on any atom is -0.469 e. The molecule has 6 heteroatoms. The molecule has 1 aromatic heterocycles. The molecule has 1 aromatic rings. The van der Waals surface area contributed by atoms with Gasteiger partial charge in [-0.2, -0.15) is 0 Å². The number of methoxy groups -OCH3 is 1. The Morgan fingerprint density at radius 2 is 2.15 bits per heavy atom. The second kappa shape index (κ2) is 9.89. The zero-order valence-corrected chi connectivity index (χ0v) is 12.1. The van der Waals surface area contributed by atoms with Gasteiger partial charge in [0, 0.05) is 33.0 Å². The maximum atomic E-state index is 10.9. The predicted molar refractivity (Wildman–Crippen MR) is 77.6 cm³/mol. The van der Waals surface area contributed by atoms with Crippen LogP contribution in [0, 0.1) is 0 Å². The zero-order valence-electron chi connectivity index (χ0n) is 12.1. The summed E-state index contributed by atoms with van der Waals surface area (Å²) in [5, 5.41) is 6.40. The number of carbonyl (C=O) groups excluding carboxylic acids is 1. The minimum atomic E-state index is -0.161. The number of hydrogen-bond acceptors (Lipinski definition) is 4. The lowest BCUT2D eigenvalue weighted by Crippen LogP contribution is -2.38. The fraction of sp³-hybridized carbons (Fsp3) is 0.571. The summed E-state index contributed by atoms with van der Waals surface area (Å²) in [6.45, 7) is 1.53. The quantitative estimate of drug-likeness (QED) is 0.325. The third kappa shape index (κ3) is 6.82. The predicted octanol–water partition coefficient (Wildman–Crippen LogP) is 1.33. The molecule has 0 aliphatic carbocycles. The van der Waals surface area contributed by atoms with E-state index in [4.69, 9.17) is 4.42 Å². The fourth-order valence-corrected chi connectivity index (χ4v) is 1.68. The summed E-state index contributed by atoms with van der Waals surface area (Å²) < 4.78 is 9.83. The van der Waals surface area contributed by atoms with Crippen molar-refractivity contribution in [3.8, 4) is 0 Å². The molecule has 0 aliphatic rings. The van der Waals surface area contributed by atoms with Crippen molar-refractivity contribution in [1.29, 1.82) is 0 Å². The Hall–Kier alpha value is -1.98. The van der Waals surface area contributed by atoms with Crippen LogP contribution in [-0.4, -0.2) is 39.2 Å². The number of ether oxygens (including phenoxy) is 1.